The summed E-state index contributed by atoms with van der Waals surface area (Å²) in [6.07, 6.45) is 0.804. The highest BCUT2D eigenvalue weighted by atomic mass is 16.5. The molecule has 1 aromatic heterocycles. The van der Waals surface area contributed by atoms with Gasteiger partial charge in [0.15, 0.2) is 0 Å². The zero-order valence-corrected chi connectivity index (χ0v) is 12.5. The fraction of sp³-hybridized carbons (Fsp3) is 0.467. The molecule has 0 saturated heterocycles. The number of benzene rings is 1. The minimum Gasteiger partial charge on any atom is -0.494 e. The molecule has 0 unspecified atom stereocenters. The summed E-state index contributed by atoms with van der Waals surface area (Å²) < 4.78 is 12.5. The lowest BCUT2D eigenvalue weighted by Crippen LogP contribution is -2.10. The Hall–Kier alpha value is -1.92. The average molecular weight is 291 g/mol. The van der Waals surface area contributed by atoms with E-state index in [9.17, 15) is 5.11 Å². The van der Waals surface area contributed by atoms with Gasteiger partial charge in [-0.3, -0.25) is 0 Å². The molecule has 0 amide bonds. The smallest absolute Gasteiger partial charge is 0.119 e. The SMILES string of the molecule is COCc1c(CO)nnn1CCCOc1ccc(C)cc1. The third-order valence-corrected chi connectivity index (χ3v) is 3.15. The van der Waals surface area contributed by atoms with Crippen molar-refractivity contribution in [3.05, 3.63) is 41.2 Å². The molecule has 114 valence electrons. The second-order valence-electron chi connectivity index (χ2n) is 4.81. The van der Waals surface area contributed by atoms with Crippen LogP contribution in [0.4, 0.5) is 0 Å². The van der Waals surface area contributed by atoms with E-state index in [1.54, 1.807) is 11.8 Å². The van der Waals surface area contributed by atoms with Gasteiger partial charge in [-0.25, -0.2) is 4.68 Å². The Balaban J connectivity index is 1.83. The van der Waals surface area contributed by atoms with Crippen LogP contribution in [0.3, 0.4) is 0 Å². The van der Waals surface area contributed by atoms with Gasteiger partial charge in [0.1, 0.15) is 11.4 Å². The average Bonchev–Trinajstić information content (AvgIpc) is 2.88. The summed E-state index contributed by atoms with van der Waals surface area (Å²) in [5, 5.41) is 17.2. The van der Waals surface area contributed by atoms with Crippen molar-refractivity contribution in [2.75, 3.05) is 13.7 Å². The fourth-order valence-electron chi connectivity index (χ4n) is 2.00. The number of rotatable bonds is 8. The van der Waals surface area contributed by atoms with E-state index in [0.717, 1.165) is 17.9 Å². The maximum absolute atomic E-state index is 9.20. The van der Waals surface area contributed by atoms with E-state index in [-0.39, 0.29) is 6.61 Å². The van der Waals surface area contributed by atoms with Crippen molar-refractivity contribution >= 4 is 0 Å². The van der Waals surface area contributed by atoms with Crippen molar-refractivity contribution in [1.29, 1.82) is 0 Å². The number of nitrogens with zero attached hydrogens (tertiary/aromatic N) is 3. The van der Waals surface area contributed by atoms with Crippen LogP contribution in [-0.2, 0) is 24.5 Å². The van der Waals surface area contributed by atoms with E-state index in [1.165, 1.54) is 5.56 Å². The third-order valence-electron chi connectivity index (χ3n) is 3.15. The third kappa shape index (κ3) is 4.27. The Labute approximate surface area is 124 Å². The minimum absolute atomic E-state index is 0.126. The summed E-state index contributed by atoms with van der Waals surface area (Å²) in [5.74, 6) is 0.868. The maximum atomic E-state index is 9.20. The van der Waals surface area contributed by atoms with Gasteiger partial charge < -0.3 is 14.6 Å². The molecule has 0 fully saturated rings. The van der Waals surface area contributed by atoms with Crippen LogP contribution in [0, 0.1) is 6.92 Å². The second-order valence-corrected chi connectivity index (χ2v) is 4.81. The number of aromatic nitrogens is 3. The summed E-state index contributed by atoms with van der Waals surface area (Å²) in [4.78, 5) is 0. The quantitative estimate of drug-likeness (QED) is 0.750. The summed E-state index contributed by atoms with van der Waals surface area (Å²) in [6.45, 7) is 3.59. The Bertz CT molecular complexity index is 552. The summed E-state index contributed by atoms with van der Waals surface area (Å²) in [7, 11) is 1.61. The Morgan fingerprint density at radius 1 is 1.24 bits per heavy atom. The van der Waals surface area contributed by atoms with Crippen molar-refractivity contribution in [3.8, 4) is 5.75 Å². The van der Waals surface area contributed by atoms with Gasteiger partial charge in [0.25, 0.3) is 0 Å². The van der Waals surface area contributed by atoms with E-state index < -0.39 is 0 Å². The normalized spacial score (nSPS) is 10.8. The van der Waals surface area contributed by atoms with Gasteiger partial charge in [-0.05, 0) is 19.1 Å². The first kappa shape index (κ1) is 15.5. The first-order valence-corrected chi connectivity index (χ1v) is 6.95. The molecule has 0 bridgehead atoms. The van der Waals surface area contributed by atoms with E-state index in [2.05, 4.69) is 10.3 Å². The largest absolute Gasteiger partial charge is 0.494 e. The zero-order valence-electron chi connectivity index (χ0n) is 12.5. The van der Waals surface area contributed by atoms with Gasteiger partial charge in [0.05, 0.1) is 25.5 Å². The first-order valence-electron chi connectivity index (χ1n) is 6.95. The predicted molar refractivity (Wildman–Crippen MR) is 77.9 cm³/mol. The summed E-state index contributed by atoms with van der Waals surface area (Å²) in [6, 6.07) is 7.98. The Kier molecular flexibility index (Phi) is 5.71. The van der Waals surface area contributed by atoms with Crippen molar-refractivity contribution < 1.29 is 14.6 Å². The number of ether oxygens (including phenoxy) is 2. The molecular formula is C15H21N3O3. The van der Waals surface area contributed by atoms with Gasteiger partial charge in [-0.2, -0.15) is 0 Å². The highest BCUT2D eigenvalue weighted by molar-refractivity contribution is 5.26. The molecular weight excluding hydrogens is 270 g/mol. The molecule has 6 heteroatoms. The number of methoxy groups -OCH3 is 1. The Morgan fingerprint density at radius 3 is 2.67 bits per heavy atom. The molecule has 0 radical (unpaired) electrons. The summed E-state index contributed by atoms with van der Waals surface area (Å²) in [5.41, 5.74) is 2.59. The molecule has 0 aliphatic heterocycles. The van der Waals surface area contributed by atoms with Crippen LogP contribution < -0.4 is 4.74 Å². The second kappa shape index (κ2) is 7.75. The molecule has 21 heavy (non-hydrogen) atoms. The van der Waals surface area contributed by atoms with Gasteiger partial charge in [0, 0.05) is 20.1 Å². The van der Waals surface area contributed by atoms with Crippen LogP contribution in [-0.4, -0.2) is 33.8 Å². The molecule has 0 spiro atoms. The molecule has 6 nitrogen and oxygen atoms in total. The lowest BCUT2D eigenvalue weighted by atomic mass is 10.2. The molecule has 0 atom stereocenters. The number of aliphatic hydroxyl groups is 1. The summed E-state index contributed by atoms with van der Waals surface area (Å²) >= 11 is 0. The highest BCUT2D eigenvalue weighted by Gasteiger charge is 2.11. The predicted octanol–water partition coefficient (Wildman–Crippen LogP) is 1.69. The molecule has 1 heterocycles. The van der Waals surface area contributed by atoms with E-state index in [4.69, 9.17) is 9.47 Å². The first-order chi connectivity index (χ1) is 10.2. The zero-order chi connectivity index (χ0) is 15.1. The lowest BCUT2D eigenvalue weighted by molar-refractivity contribution is 0.172. The molecule has 0 aliphatic rings. The molecule has 2 aromatic rings. The van der Waals surface area contributed by atoms with Crippen molar-refractivity contribution in [2.45, 2.75) is 33.1 Å². The Morgan fingerprint density at radius 2 is 2.00 bits per heavy atom. The van der Waals surface area contributed by atoms with Crippen LogP contribution >= 0.6 is 0 Å². The van der Waals surface area contributed by atoms with E-state index in [0.29, 0.717) is 25.5 Å². The van der Waals surface area contributed by atoms with Crippen LogP contribution in [0.5, 0.6) is 5.75 Å². The van der Waals surface area contributed by atoms with Crippen molar-refractivity contribution in [1.82, 2.24) is 15.0 Å². The van der Waals surface area contributed by atoms with Crippen LogP contribution in [0.2, 0.25) is 0 Å². The van der Waals surface area contributed by atoms with Gasteiger partial charge in [-0.15, -0.1) is 5.10 Å². The van der Waals surface area contributed by atoms with Gasteiger partial charge in [-0.1, -0.05) is 22.9 Å². The maximum Gasteiger partial charge on any atom is 0.119 e. The minimum atomic E-state index is -0.126. The van der Waals surface area contributed by atoms with Crippen LogP contribution in [0.25, 0.3) is 0 Å². The van der Waals surface area contributed by atoms with Crippen LogP contribution in [0.1, 0.15) is 23.4 Å². The van der Waals surface area contributed by atoms with Gasteiger partial charge in [0.2, 0.25) is 0 Å². The van der Waals surface area contributed by atoms with E-state index >= 15 is 0 Å². The molecule has 0 saturated carbocycles. The lowest BCUT2D eigenvalue weighted by Gasteiger charge is -2.08. The molecule has 1 aromatic carbocycles. The number of hydrogen-bond acceptors (Lipinski definition) is 5. The molecule has 1 N–H and O–H groups in total. The number of aliphatic hydroxyl groups excluding tert-OH is 1. The molecule has 2 rings (SSSR count). The number of hydrogen-bond donors (Lipinski definition) is 1. The topological polar surface area (TPSA) is 69.4 Å². The highest BCUT2D eigenvalue weighted by Crippen LogP contribution is 2.12. The monoisotopic (exact) mass is 291 g/mol. The van der Waals surface area contributed by atoms with E-state index in [1.807, 2.05) is 31.2 Å². The van der Waals surface area contributed by atoms with Crippen LogP contribution in [0.15, 0.2) is 24.3 Å². The van der Waals surface area contributed by atoms with Gasteiger partial charge >= 0.3 is 0 Å². The fourth-order valence-corrected chi connectivity index (χ4v) is 2.00. The van der Waals surface area contributed by atoms with Crippen molar-refractivity contribution in [2.24, 2.45) is 0 Å². The van der Waals surface area contributed by atoms with Crippen molar-refractivity contribution in [3.63, 3.8) is 0 Å². The standard InChI is InChI=1S/C15H21N3O3/c1-12-4-6-13(7-5-12)21-9-3-8-18-15(11-20-2)14(10-19)16-17-18/h4-7,19H,3,8-11H2,1-2H3. The number of aryl methyl sites for hydroxylation is 2. The molecule has 0 aliphatic carbocycles.